The molecule has 4 heteroatoms. The molecule has 1 aromatic carbocycles. The van der Waals surface area contributed by atoms with Crippen molar-refractivity contribution in [3.63, 3.8) is 0 Å². The van der Waals surface area contributed by atoms with Gasteiger partial charge in [0.15, 0.2) is 0 Å². The van der Waals surface area contributed by atoms with Crippen LogP contribution in [-0.4, -0.2) is 24.4 Å². The first-order valence-corrected chi connectivity index (χ1v) is 8.72. The fourth-order valence-corrected chi connectivity index (χ4v) is 3.69. The Hall–Kier alpha value is -1.84. The van der Waals surface area contributed by atoms with E-state index in [1.54, 1.807) is 4.90 Å². The first-order valence-electron chi connectivity index (χ1n) is 8.72. The predicted octanol–water partition coefficient (Wildman–Crippen LogP) is 3.04. The molecule has 0 radical (unpaired) electrons. The van der Waals surface area contributed by atoms with Gasteiger partial charge < -0.3 is 10.2 Å². The third-order valence-corrected chi connectivity index (χ3v) is 5.28. The van der Waals surface area contributed by atoms with E-state index in [9.17, 15) is 9.59 Å². The molecular formula is C19H26N2O2. The summed E-state index contributed by atoms with van der Waals surface area (Å²) in [7, 11) is 0. The number of nitrogens with zero attached hydrogens (tertiary/aromatic N) is 1. The van der Waals surface area contributed by atoms with Crippen LogP contribution in [0.3, 0.4) is 0 Å². The fourth-order valence-electron chi connectivity index (χ4n) is 3.69. The lowest BCUT2D eigenvalue weighted by molar-refractivity contribution is -0.127. The lowest BCUT2D eigenvalue weighted by atomic mass is 9.85. The van der Waals surface area contributed by atoms with Crippen LogP contribution < -0.4 is 10.2 Å². The van der Waals surface area contributed by atoms with Gasteiger partial charge in [0.2, 0.25) is 11.8 Å². The first-order chi connectivity index (χ1) is 11.0. The van der Waals surface area contributed by atoms with Gasteiger partial charge in [-0.3, -0.25) is 9.59 Å². The predicted molar refractivity (Wildman–Crippen MR) is 91.2 cm³/mol. The number of amides is 2. The monoisotopic (exact) mass is 314 g/mol. The van der Waals surface area contributed by atoms with Crippen molar-refractivity contribution in [1.29, 1.82) is 0 Å². The van der Waals surface area contributed by atoms with E-state index in [0.29, 0.717) is 18.9 Å². The lowest BCUT2D eigenvalue weighted by Gasteiger charge is -2.30. The number of hydrogen-bond acceptors (Lipinski definition) is 2. The maximum atomic E-state index is 12.5. The third-order valence-electron chi connectivity index (χ3n) is 5.28. The molecule has 1 heterocycles. The molecule has 1 aromatic rings. The topological polar surface area (TPSA) is 49.4 Å². The molecule has 0 aromatic heterocycles. The van der Waals surface area contributed by atoms with Crippen LogP contribution in [0.4, 0.5) is 5.69 Å². The van der Waals surface area contributed by atoms with Crippen molar-refractivity contribution in [2.45, 2.75) is 52.0 Å². The van der Waals surface area contributed by atoms with Crippen LogP contribution >= 0.6 is 0 Å². The van der Waals surface area contributed by atoms with Crippen LogP contribution in [0.25, 0.3) is 0 Å². The molecule has 23 heavy (non-hydrogen) atoms. The second-order valence-corrected chi connectivity index (χ2v) is 7.12. The Morgan fingerprint density at radius 3 is 2.57 bits per heavy atom. The highest BCUT2D eigenvalue weighted by atomic mass is 16.2. The number of rotatable bonds is 3. The summed E-state index contributed by atoms with van der Waals surface area (Å²) in [6.07, 6.45) is 5.02. The van der Waals surface area contributed by atoms with Crippen molar-refractivity contribution in [1.82, 2.24) is 5.32 Å². The molecule has 3 rings (SSSR count). The van der Waals surface area contributed by atoms with Crippen LogP contribution in [0.5, 0.6) is 0 Å². The van der Waals surface area contributed by atoms with Crippen molar-refractivity contribution in [3.8, 4) is 0 Å². The van der Waals surface area contributed by atoms with E-state index in [-0.39, 0.29) is 23.8 Å². The SMILES string of the molecule is Cc1ccc(N2C[C@H](C(=O)N[C@@H]3CCCC[C@H]3C)CC2=O)cc1. The molecule has 1 aliphatic heterocycles. The molecule has 0 spiro atoms. The minimum atomic E-state index is -0.224. The zero-order valence-corrected chi connectivity index (χ0v) is 14.0. The number of anilines is 1. The zero-order valence-electron chi connectivity index (χ0n) is 14.0. The first kappa shape index (κ1) is 16.0. The summed E-state index contributed by atoms with van der Waals surface area (Å²) in [5.74, 6) is 0.411. The molecule has 2 amide bonds. The summed E-state index contributed by atoms with van der Waals surface area (Å²) in [6.45, 7) is 4.73. The average Bonchev–Trinajstić information content (AvgIpc) is 2.92. The second-order valence-electron chi connectivity index (χ2n) is 7.12. The van der Waals surface area contributed by atoms with Gasteiger partial charge in [-0.25, -0.2) is 0 Å². The zero-order chi connectivity index (χ0) is 16.4. The molecule has 4 nitrogen and oxygen atoms in total. The molecular weight excluding hydrogens is 288 g/mol. The Bertz CT molecular complexity index is 582. The van der Waals surface area contributed by atoms with Gasteiger partial charge in [-0.1, -0.05) is 37.5 Å². The van der Waals surface area contributed by atoms with Crippen LogP contribution in [0.1, 0.15) is 44.6 Å². The summed E-state index contributed by atoms with van der Waals surface area (Å²) < 4.78 is 0. The smallest absolute Gasteiger partial charge is 0.227 e. The van der Waals surface area contributed by atoms with Crippen LogP contribution in [0.2, 0.25) is 0 Å². The van der Waals surface area contributed by atoms with Crippen LogP contribution in [0, 0.1) is 18.8 Å². The molecule has 2 fully saturated rings. The number of hydrogen-bond donors (Lipinski definition) is 1. The molecule has 1 N–H and O–H groups in total. The summed E-state index contributed by atoms with van der Waals surface area (Å²) in [4.78, 5) is 26.6. The quantitative estimate of drug-likeness (QED) is 0.932. The molecule has 1 saturated heterocycles. The van der Waals surface area contributed by atoms with Gasteiger partial charge in [-0.15, -0.1) is 0 Å². The summed E-state index contributed by atoms with van der Waals surface area (Å²) in [6, 6.07) is 8.19. The van der Waals surface area contributed by atoms with E-state index in [1.807, 2.05) is 31.2 Å². The van der Waals surface area contributed by atoms with Gasteiger partial charge in [0.1, 0.15) is 0 Å². The van der Waals surface area contributed by atoms with Crippen molar-refractivity contribution < 1.29 is 9.59 Å². The van der Waals surface area contributed by atoms with E-state index in [0.717, 1.165) is 12.1 Å². The van der Waals surface area contributed by atoms with E-state index >= 15 is 0 Å². The summed E-state index contributed by atoms with van der Waals surface area (Å²) in [5, 5.41) is 3.19. The maximum absolute atomic E-state index is 12.5. The number of carbonyl (C=O) groups excluding carboxylic acids is 2. The molecule has 0 bridgehead atoms. The van der Waals surface area contributed by atoms with Gasteiger partial charge in [-0.05, 0) is 37.8 Å². The minimum absolute atomic E-state index is 0.0469. The standard InChI is InChI=1S/C19H26N2O2/c1-13-7-9-16(10-8-13)21-12-15(11-18(21)22)19(23)20-17-6-4-3-5-14(17)2/h7-10,14-15,17H,3-6,11-12H2,1-2H3,(H,20,23)/t14-,15-,17-/m1/s1. The van der Waals surface area contributed by atoms with E-state index in [4.69, 9.17) is 0 Å². The summed E-state index contributed by atoms with van der Waals surface area (Å²) in [5.41, 5.74) is 2.06. The average molecular weight is 314 g/mol. The van der Waals surface area contributed by atoms with E-state index < -0.39 is 0 Å². The number of aryl methyl sites for hydroxylation is 1. The fraction of sp³-hybridized carbons (Fsp3) is 0.579. The van der Waals surface area contributed by atoms with Crippen LogP contribution in [0.15, 0.2) is 24.3 Å². The Labute approximate surface area is 138 Å². The normalized spacial score (nSPS) is 28.0. The highest BCUT2D eigenvalue weighted by Crippen LogP contribution is 2.27. The molecule has 0 unspecified atom stereocenters. The molecule has 124 valence electrons. The molecule has 3 atom stereocenters. The Morgan fingerprint density at radius 2 is 1.87 bits per heavy atom. The maximum Gasteiger partial charge on any atom is 0.227 e. The van der Waals surface area contributed by atoms with Crippen molar-refractivity contribution >= 4 is 17.5 Å². The highest BCUT2D eigenvalue weighted by molar-refractivity contribution is 6.00. The second kappa shape index (κ2) is 6.73. The third kappa shape index (κ3) is 3.57. The molecule has 1 aliphatic carbocycles. The van der Waals surface area contributed by atoms with Crippen molar-refractivity contribution in [2.24, 2.45) is 11.8 Å². The van der Waals surface area contributed by atoms with Crippen LogP contribution in [-0.2, 0) is 9.59 Å². The summed E-state index contributed by atoms with van der Waals surface area (Å²) >= 11 is 0. The minimum Gasteiger partial charge on any atom is -0.353 e. The van der Waals surface area contributed by atoms with Crippen molar-refractivity contribution in [3.05, 3.63) is 29.8 Å². The van der Waals surface area contributed by atoms with Gasteiger partial charge in [-0.2, -0.15) is 0 Å². The van der Waals surface area contributed by atoms with Gasteiger partial charge in [0.25, 0.3) is 0 Å². The molecule has 1 saturated carbocycles. The Morgan fingerprint density at radius 1 is 1.17 bits per heavy atom. The lowest BCUT2D eigenvalue weighted by Crippen LogP contribution is -2.44. The largest absolute Gasteiger partial charge is 0.353 e. The highest BCUT2D eigenvalue weighted by Gasteiger charge is 2.36. The van der Waals surface area contributed by atoms with E-state index in [2.05, 4.69) is 12.2 Å². The van der Waals surface area contributed by atoms with Gasteiger partial charge >= 0.3 is 0 Å². The Balaban J connectivity index is 1.62. The van der Waals surface area contributed by atoms with Crippen molar-refractivity contribution in [2.75, 3.05) is 11.4 Å². The van der Waals surface area contributed by atoms with Gasteiger partial charge in [0, 0.05) is 24.7 Å². The van der Waals surface area contributed by atoms with E-state index in [1.165, 1.54) is 24.8 Å². The number of carbonyl (C=O) groups is 2. The number of benzene rings is 1. The number of nitrogens with one attached hydrogen (secondary N) is 1. The Kier molecular flexibility index (Phi) is 4.69. The van der Waals surface area contributed by atoms with Gasteiger partial charge in [0.05, 0.1) is 5.92 Å². The molecule has 2 aliphatic rings.